The van der Waals surface area contributed by atoms with Gasteiger partial charge in [0.1, 0.15) is 0 Å². The molecule has 0 saturated carbocycles. The van der Waals surface area contributed by atoms with E-state index in [1.54, 1.807) is 0 Å². The summed E-state index contributed by atoms with van der Waals surface area (Å²) in [5.74, 6) is 0. The first-order valence-corrected chi connectivity index (χ1v) is 3.69. The Morgan fingerprint density at radius 1 is 1.09 bits per heavy atom. The van der Waals surface area contributed by atoms with Crippen molar-refractivity contribution in [2.45, 2.75) is 13.8 Å². The molecular formula is C7H16N4. The highest BCUT2D eigenvalue weighted by molar-refractivity contribution is 5.02. The second-order valence-electron chi connectivity index (χ2n) is 2.86. The third-order valence-electron chi connectivity index (χ3n) is 2.23. The fourth-order valence-corrected chi connectivity index (χ4v) is 1.06. The summed E-state index contributed by atoms with van der Waals surface area (Å²) in [6, 6.07) is 0. The number of hydrogen-bond donors (Lipinski definition) is 1. The molecule has 0 bridgehead atoms. The first-order valence-electron chi connectivity index (χ1n) is 3.69. The molecule has 11 heavy (non-hydrogen) atoms. The Kier molecular flexibility index (Phi) is 1.85. The van der Waals surface area contributed by atoms with E-state index >= 15 is 0 Å². The van der Waals surface area contributed by atoms with E-state index in [9.17, 15) is 0 Å². The van der Waals surface area contributed by atoms with Gasteiger partial charge >= 0.3 is 0 Å². The first kappa shape index (κ1) is 8.04. The minimum absolute atomic E-state index is 1.19. The Labute approximate surface area is 66.7 Å². The van der Waals surface area contributed by atoms with Crippen molar-refractivity contribution in [3.8, 4) is 0 Å². The van der Waals surface area contributed by atoms with E-state index in [2.05, 4.69) is 23.6 Å². The molecule has 0 aliphatic rings. The number of H-pyrrole nitrogens is 1. The van der Waals surface area contributed by atoms with Crippen LogP contribution in [0, 0.1) is 13.8 Å². The lowest BCUT2D eigenvalue weighted by molar-refractivity contribution is 0.349. The molecule has 0 atom stereocenters. The first-order chi connectivity index (χ1) is 5.04. The number of rotatable bonds is 0. The highest BCUT2D eigenvalue weighted by Crippen LogP contribution is 1.98. The molecule has 0 fully saturated rings. The van der Waals surface area contributed by atoms with Crippen molar-refractivity contribution in [3.63, 3.8) is 0 Å². The maximum atomic E-state index is 3.21. The summed E-state index contributed by atoms with van der Waals surface area (Å²) in [5, 5.41) is 3.21. The number of aromatic nitrogens is 4. The number of hydrogen-bond acceptors (Lipinski definition) is 0. The monoisotopic (exact) mass is 156 g/mol. The molecule has 64 valence electrons. The van der Waals surface area contributed by atoms with Crippen molar-refractivity contribution in [3.05, 3.63) is 11.4 Å². The van der Waals surface area contributed by atoms with E-state index in [1.807, 2.05) is 30.7 Å². The third-order valence-corrected chi connectivity index (χ3v) is 2.23. The van der Waals surface area contributed by atoms with Gasteiger partial charge in [0.05, 0.1) is 11.4 Å². The standard InChI is InChI=1S/C7H16N4/c1-6-7(2)9(3)11(5)10(4)8-6/h8H,1-5H3. The van der Waals surface area contributed by atoms with Gasteiger partial charge in [-0.3, -0.25) is 9.78 Å². The van der Waals surface area contributed by atoms with Crippen LogP contribution >= 0.6 is 0 Å². The summed E-state index contributed by atoms with van der Waals surface area (Å²) in [6.45, 7) is 4.15. The highest BCUT2D eigenvalue weighted by atomic mass is 15.6. The molecular weight excluding hydrogens is 140 g/mol. The largest absolute Gasteiger partial charge is 0.286 e. The molecule has 0 spiro atoms. The van der Waals surface area contributed by atoms with Crippen molar-refractivity contribution in [1.82, 2.24) is 19.4 Å². The molecule has 0 aliphatic carbocycles. The zero-order valence-electron chi connectivity index (χ0n) is 7.84. The van der Waals surface area contributed by atoms with Gasteiger partial charge in [-0.15, -0.1) is 0 Å². The van der Waals surface area contributed by atoms with Crippen LogP contribution in [0.1, 0.15) is 11.4 Å². The second-order valence-corrected chi connectivity index (χ2v) is 2.86. The van der Waals surface area contributed by atoms with Gasteiger partial charge in [-0.1, -0.05) is 0 Å². The summed E-state index contributed by atoms with van der Waals surface area (Å²) in [4.78, 5) is 3.94. The smallest absolute Gasteiger partial charge is 0.0534 e. The zero-order valence-corrected chi connectivity index (χ0v) is 7.84. The van der Waals surface area contributed by atoms with Gasteiger partial charge in [0.25, 0.3) is 0 Å². The van der Waals surface area contributed by atoms with Crippen LogP contribution < -0.4 is 0 Å². The van der Waals surface area contributed by atoms with Crippen LogP contribution in [0.5, 0.6) is 0 Å². The van der Waals surface area contributed by atoms with Crippen molar-refractivity contribution >= 4 is 0 Å². The van der Waals surface area contributed by atoms with Crippen LogP contribution in [-0.4, -0.2) is 19.4 Å². The Morgan fingerprint density at radius 2 is 1.64 bits per heavy atom. The average molecular weight is 156 g/mol. The molecule has 0 aliphatic heterocycles. The molecule has 0 saturated heterocycles. The zero-order chi connectivity index (χ0) is 8.59. The Morgan fingerprint density at radius 3 is 2.18 bits per heavy atom. The minimum atomic E-state index is 1.19. The van der Waals surface area contributed by atoms with Gasteiger partial charge in [-0.2, -0.15) is 0 Å². The van der Waals surface area contributed by atoms with Crippen LogP contribution in [0.4, 0.5) is 0 Å². The fourth-order valence-electron chi connectivity index (χ4n) is 1.06. The lowest BCUT2D eigenvalue weighted by Gasteiger charge is -2.19. The van der Waals surface area contributed by atoms with Crippen LogP contribution in [0.3, 0.4) is 0 Å². The maximum absolute atomic E-state index is 3.21. The van der Waals surface area contributed by atoms with E-state index in [1.165, 1.54) is 11.4 Å². The van der Waals surface area contributed by atoms with Gasteiger partial charge in [-0.05, 0) is 13.8 Å². The molecule has 1 N–H and O–H groups in total. The number of aryl methyl sites for hydroxylation is 2. The average Bonchev–Trinajstić information content (AvgIpc) is 1.97. The highest BCUT2D eigenvalue weighted by Gasteiger charge is 1.97. The Hall–Kier alpha value is -1.06. The topological polar surface area (TPSA) is 30.6 Å². The minimum Gasteiger partial charge on any atom is -0.286 e. The van der Waals surface area contributed by atoms with Gasteiger partial charge < -0.3 is 0 Å². The van der Waals surface area contributed by atoms with E-state index < -0.39 is 0 Å². The summed E-state index contributed by atoms with van der Waals surface area (Å²) in [5.41, 5.74) is 2.43. The summed E-state index contributed by atoms with van der Waals surface area (Å²) in [6.07, 6.45) is 0. The molecule has 1 heterocycles. The molecule has 0 unspecified atom stereocenters. The predicted molar refractivity (Wildman–Crippen MR) is 44.8 cm³/mol. The lowest BCUT2D eigenvalue weighted by Crippen LogP contribution is -2.25. The molecule has 1 rings (SSSR count). The third kappa shape index (κ3) is 1.20. The SMILES string of the molecule is Cc1[nH]n(C)n(C)n(C)c1C. The van der Waals surface area contributed by atoms with E-state index in [-0.39, 0.29) is 0 Å². The van der Waals surface area contributed by atoms with Gasteiger partial charge in [0, 0.05) is 21.1 Å². The summed E-state index contributed by atoms with van der Waals surface area (Å²) < 4.78 is 2.09. The fraction of sp³-hybridized carbons (Fsp3) is 0.714. The molecule has 4 heteroatoms. The van der Waals surface area contributed by atoms with Crippen molar-refractivity contribution < 1.29 is 0 Å². The number of nitrogens with zero attached hydrogens (tertiary/aromatic N) is 3. The number of aromatic amines is 1. The molecule has 0 amide bonds. The molecule has 0 aromatic carbocycles. The maximum Gasteiger partial charge on any atom is 0.0534 e. The van der Waals surface area contributed by atoms with Gasteiger partial charge in [0.15, 0.2) is 0 Å². The predicted octanol–water partition coefficient (Wildman–Crippen LogP) is 0.771. The van der Waals surface area contributed by atoms with Gasteiger partial charge in [0.2, 0.25) is 0 Å². The van der Waals surface area contributed by atoms with Crippen molar-refractivity contribution in [2.24, 2.45) is 21.1 Å². The van der Waals surface area contributed by atoms with E-state index in [0.717, 1.165) is 0 Å². The molecule has 1 aromatic rings. The molecule has 4 nitrogen and oxygen atoms in total. The summed E-state index contributed by atoms with van der Waals surface area (Å²) in [7, 11) is 6.02. The van der Waals surface area contributed by atoms with Gasteiger partial charge in [-0.25, -0.2) is 9.59 Å². The number of nitrogens with one attached hydrogen (secondary N) is 1. The Balaban J connectivity index is 3.46. The lowest BCUT2D eigenvalue weighted by atomic mass is 10.4. The van der Waals surface area contributed by atoms with Crippen LogP contribution in [0.25, 0.3) is 0 Å². The van der Waals surface area contributed by atoms with Crippen LogP contribution in [-0.2, 0) is 21.1 Å². The second kappa shape index (κ2) is 2.53. The van der Waals surface area contributed by atoms with E-state index in [4.69, 9.17) is 0 Å². The van der Waals surface area contributed by atoms with Crippen LogP contribution in [0.15, 0.2) is 0 Å². The quantitative estimate of drug-likeness (QED) is 0.575. The van der Waals surface area contributed by atoms with Crippen LogP contribution in [0.2, 0.25) is 0 Å². The summed E-state index contributed by atoms with van der Waals surface area (Å²) >= 11 is 0. The molecule has 0 radical (unpaired) electrons. The van der Waals surface area contributed by atoms with E-state index in [0.29, 0.717) is 0 Å². The Bertz CT molecular complexity index is 267. The van der Waals surface area contributed by atoms with Crippen molar-refractivity contribution in [1.29, 1.82) is 0 Å². The van der Waals surface area contributed by atoms with Crippen molar-refractivity contribution in [2.75, 3.05) is 0 Å². The normalized spacial score (nSPS) is 10.3. The molecule has 1 aromatic heterocycles.